The quantitative estimate of drug-likeness (QED) is 0.138. The molecule has 0 saturated heterocycles. The molecule has 4 amide bonds. The van der Waals surface area contributed by atoms with Gasteiger partial charge in [0.2, 0.25) is 11.8 Å². The van der Waals surface area contributed by atoms with Gasteiger partial charge in [-0.1, -0.05) is 62.8 Å². The molecule has 2 saturated carbocycles. The van der Waals surface area contributed by atoms with Gasteiger partial charge in [-0.05, 0) is 99.2 Å². The van der Waals surface area contributed by atoms with Gasteiger partial charge in [0.1, 0.15) is 0 Å². The first-order chi connectivity index (χ1) is 23.3. The Morgan fingerprint density at radius 3 is 1.27 bits per heavy atom. The number of nitrogens with zero attached hydrogens (tertiary/aromatic N) is 2. The first-order valence-electron chi connectivity index (χ1n) is 16.9. The van der Waals surface area contributed by atoms with Crippen LogP contribution in [0.25, 0.3) is 0 Å². The van der Waals surface area contributed by atoms with Gasteiger partial charge in [-0.3, -0.25) is 19.2 Å². The van der Waals surface area contributed by atoms with E-state index in [2.05, 4.69) is 31.7 Å². The van der Waals surface area contributed by atoms with E-state index in [-0.39, 0.29) is 23.7 Å². The van der Waals surface area contributed by atoms with Gasteiger partial charge in [-0.25, -0.2) is 10.9 Å². The Hall–Kier alpha value is -5.12. The van der Waals surface area contributed by atoms with Crippen molar-refractivity contribution in [2.75, 3.05) is 10.6 Å². The van der Waals surface area contributed by atoms with Crippen LogP contribution < -0.4 is 21.5 Å². The van der Waals surface area contributed by atoms with Crippen molar-refractivity contribution in [3.63, 3.8) is 0 Å². The highest BCUT2D eigenvalue weighted by Crippen LogP contribution is 2.26. The van der Waals surface area contributed by atoms with E-state index in [9.17, 15) is 19.2 Å². The molecule has 5 rings (SSSR count). The lowest BCUT2D eigenvalue weighted by atomic mass is 9.88. The molecule has 0 heterocycles. The molecule has 0 aromatic heterocycles. The summed E-state index contributed by atoms with van der Waals surface area (Å²) < 4.78 is 0. The lowest BCUT2D eigenvalue weighted by molar-refractivity contribution is -0.121. The number of carbonyl (C=O) groups excluding carboxylic acids is 4. The molecular weight excluding hydrogens is 604 g/mol. The molecule has 2 fully saturated rings. The lowest BCUT2D eigenvalue weighted by Gasteiger charge is -2.20. The first-order valence-corrected chi connectivity index (χ1v) is 16.9. The third-order valence-corrected chi connectivity index (χ3v) is 9.11. The van der Waals surface area contributed by atoms with Crippen LogP contribution in [-0.2, 0) is 9.59 Å². The predicted octanol–water partition coefficient (Wildman–Crippen LogP) is 7.03. The average Bonchev–Trinajstić information content (AvgIpc) is 3.13. The molecule has 3 aromatic carbocycles. The number of hydrogen-bond donors (Lipinski definition) is 4. The van der Waals surface area contributed by atoms with E-state index >= 15 is 0 Å². The van der Waals surface area contributed by atoms with Gasteiger partial charge in [0, 0.05) is 34.3 Å². The molecule has 48 heavy (non-hydrogen) atoms. The van der Waals surface area contributed by atoms with Crippen molar-refractivity contribution < 1.29 is 19.2 Å². The first kappa shape index (κ1) is 34.2. The van der Waals surface area contributed by atoms with Crippen molar-refractivity contribution >= 4 is 46.4 Å². The van der Waals surface area contributed by atoms with Crippen molar-refractivity contribution in [3.8, 4) is 0 Å². The van der Waals surface area contributed by atoms with Gasteiger partial charge >= 0.3 is 0 Å². The number of benzene rings is 3. The third kappa shape index (κ3) is 9.47. The van der Waals surface area contributed by atoms with Crippen LogP contribution in [0, 0.1) is 11.8 Å². The van der Waals surface area contributed by atoms with Gasteiger partial charge in [-0.2, -0.15) is 10.2 Å². The summed E-state index contributed by atoms with van der Waals surface area (Å²) in [4.78, 5) is 50.9. The average molecular weight is 649 g/mol. The van der Waals surface area contributed by atoms with Crippen molar-refractivity contribution in [3.05, 3.63) is 95.1 Å². The normalized spacial score (nSPS) is 16.1. The van der Waals surface area contributed by atoms with Crippen LogP contribution in [0.3, 0.4) is 0 Å². The number of hydrogen-bond acceptors (Lipinski definition) is 6. The van der Waals surface area contributed by atoms with Crippen LogP contribution in [0.15, 0.2) is 83.0 Å². The second-order valence-corrected chi connectivity index (χ2v) is 12.7. The zero-order valence-corrected chi connectivity index (χ0v) is 27.7. The van der Waals surface area contributed by atoms with Crippen LogP contribution in [0.4, 0.5) is 11.4 Å². The Balaban J connectivity index is 1.12. The Kier molecular flexibility index (Phi) is 11.9. The van der Waals surface area contributed by atoms with E-state index in [0.717, 1.165) is 62.5 Å². The van der Waals surface area contributed by atoms with E-state index in [1.165, 1.54) is 12.8 Å². The van der Waals surface area contributed by atoms with Crippen LogP contribution in [0.2, 0.25) is 0 Å². The SMILES string of the molecule is C/C(=N\NC(=O)c1ccc(C(=O)N/N=C(\C)c2cccc(NC(=O)C3CCCCC3)c2)cc1)c1cccc(NC(=O)C2CCCCC2)c1. The van der Waals surface area contributed by atoms with Crippen LogP contribution in [-0.4, -0.2) is 35.1 Å². The third-order valence-electron chi connectivity index (χ3n) is 9.11. The van der Waals surface area contributed by atoms with Crippen LogP contribution >= 0.6 is 0 Å². The molecule has 0 atom stereocenters. The minimum Gasteiger partial charge on any atom is -0.326 e. The Morgan fingerprint density at radius 2 is 0.896 bits per heavy atom. The monoisotopic (exact) mass is 648 g/mol. The van der Waals surface area contributed by atoms with Gasteiger partial charge in [-0.15, -0.1) is 0 Å². The number of nitrogens with one attached hydrogen (secondary N) is 4. The predicted molar refractivity (Wildman–Crippen MR) is 189 cm³/mol. The van der Waals surface area contributed by atoms with Crippen molar-refractivity contribution in [1.29, 1.82) is 0 Å². The van der Waals surface area contributed by atoms with Crippen molar-refractivity contribution in [2.45, 2.75) is 78.1 Å². The lowest BCUT2D eigenvalue weighted by Crippen LogP contribution is -2.24. The van der Waals surface area contributed by atoms with Crippen molar-refractivity contribution in [1.82, 2.24) is 10.9 Å². The zero-order chi connectivity index (χ0) is 33.9. The smallest absolute Gasteiger partial charge is 0.271 e. The summed E-state index contributed by atoms with van der Waals surface area (Å²) >= 11 is 0. The number of anilines is 2. The van der Waals surface area contributed by atoms with Gasteiger partial charge in [0.25, 0.3) is 11.8 Å². The Bertz CT molecular complexity index is 1560. The maximum Gasteiger partial charge on any atom is 0.271 e. The summed E-state index contributed by atoms with van der Waals surface area (Å²) in [6.45, 7) is 3.56. The molecule has 2 aliphatic carbocycles. The number of rotatable bonds is 10. The van der Waals surface area contributed by atoms with Crippen molar-refractivity contribution in [2.24, 2.45) is 22.0 Å². The molecule has 10 heteroatoms. The minimum absolute atomic E-state index is 0.0510. The fourth-order valence-electron chi connectivity index (χ4n) is 6.16. The van der Waals surface area contributed by atoms with E-state index < -0.39 is 11.8 Å². The maximum absolute atomic E-state index is 12.8. The molecule has 250 valence electrons. The number of hydrazone groups is 2. The van der Waals surface area contributed by atoms with E-state index in [1.807, 2.05) is 48.5 Å². The van der Waals surface area contributed by atoms with E-state index in [1.54, 1.807) is 38.1 Å². The summed E-state index contributed by atoms with van der Waals surface area (Å²) in [6.07, 6.45) is 10.4. The van der Waals surface area contributed by atoms with E-state index in [0.29, 0.717) is 33.9 Å². The molecule has 3 aromatic rings. The fraction of sp³-hybridized carbons (Fsp3) is 0.368. The fourth-order valence-corrected chi connectivity index (χ4v) is 6.16. The highest BCUT2D eigenvalue weighted by Gasteiger charge is 2.22. The van der Waals surface area contributed by atoms with E-state index in [4.69, 9.17) is 0 Å². The maximum atomic E-state index is 12.8. The summed E-state index contributed by atoms with van der Waals surface area (Å²) in [5.41, 5.74) is 9.91. The van der Waals surface area contributed by atoms with Gasteiger partial charge in [0.05, 0.1) is 11.4 Å². The Labute approximate surface area is 281 Å². The molecule has 2 aliphatic rings. The molecule has 0 spiro atoms. The highest BCUT2D eigenvalue weighted by molar-refractivity contribution is 6.04. The second-order valence-electron chi connectivity index (χ2n) is 12.7. The largest absolute Gasteiger partial charge is 0.326 e. The molecule has 0 aliphatic heterocycles. The van der Waals surface area contributed by atoms with Gasteiger partial charge in [0.15, 0.2) is 0 Å². The molecular formula is C38H44N6O4. The summed E-state index contributed by atoms with van der Waals surface area (Å²) in [6, 6.07) is 21.0. The number of carbonyl (C=O) groups is 4. The number of amides is 4. The molecule has 0 radical (unpaired) electrons. The van der Waals surface area contributed by atoms with Crippen LogP contribution in [0.5, 0.6) is 0 Å². The topological polar surface area (TPSA) is 141 Å². The summed E-state index contributed by atoms with van der Waals surface area (Å²) in [5, 5.41) is 14.5. The highest BCUT2D eigenvalue weighted by atomic mass is 16.2. The molecule has 0 unspecified atom stereocenters. The summed E-state index contributed by atoms with van der Waals surface area (Å²) in [7, 11) is 0. The molecule has 10 nitrogen and oxygen atoms in total. The second kappa shape index (κ2) is 16.6. The van der Waals surface area contributed by atoms with Crippen LogP contribution in [0.1, 0.15) is 110 Å². The summed E-state index contributed by atoms with van der Waals surface area (Å²) in [5.74, 6) is -0.633. The standard InChI is InChI=1S/C38H44N6O4/c1-25(31-15-9-17-33(23-31)39-35(45)27-11-5-3-6-12-27)41-43-37(47)29-19-21-30(22-20-29)38(48)44-42-26(2)32-16-10-18-34(24-32)40-36(46)28-13-7-4-8-14-28/h9-10,15-24,27-28H,3-8,11-14H2,1-2H3,(H,39,45)(H,40,46)(H,43,47)(H,44,48)/b41-25+,42-26+. The molecule has 4 N–H and O–H groups in total. The molecule has 0 bridgehead atoms. The Morgan fingerprint density at radius 1 is 0.521 bits per heavy atom. The minimum atomic E-state index is -0.424. The van der Waals surface area contributed by atoms with Gasteiger partial charge < -0.3 is 10.6 Å². The zero-order valence-electron chi connectivity index (χ0n) is 27.7.